The number of amides is 2. The molecule has 1 aromatic heterocycles. The predicted octanol–water partition coefficient (Wildman–Crippen LogP) is 5.55. The normalized spacial score (nSPS) is 11.1. The van der Waals surface area contributed by atoms with Gasteiger partial charge in [0.05, 0.1) is 22.6 Å². The van der Waals surface area contributed by atoms with Gasteiger partial charge in [0.25, 0.3) is 0 Å². The van der Waals surface area contributed by atoms with Gasteiger partial charge in [0.15, 0.2) is 0 Å². The van der Waals surface area contributed by atoms with Crippen LogP contribution in [0.5, 0.6) is 11.8 Å². The van der Waals surface area contributed by atoms with E-state index in [1.165, 1.54) is 12.1 Å². The van der Waals surface area contributed by atoms with Gasteiger partial charge in [-0.15, -0.1) is 0 Å². The molecule has 0 aliphatic carbocycles. The van der Waals surface area contributed by atoms with Crippen LogP contribution in [-0.4, -0.2) is 16.0 Å². The predicted molar refractivity (Wildman–Crippen MR) is 102 cm³/mol. The highest BCUT2D eigenvalue weighted by molar-refractivity contribution is 6.00. The Kier molecular flexibility index (Phi) is 5.67. The Morgan fingerprint density at radius 3 is 2.21 bits per heavy atom. The zero-order chi connectivity index (χ0) is 21.0. The minimum atomic E-state index is -4.50. The molecule has 0 spiro atoms. The van der Waals surface area contributed by atoms with E-state index < -0.39 is 17.8 Å². The van der Waals surface area contributed by atoms with E-state index in [0.717, 1.165) is 12.1 Å². The zero-order valence-corrected chi connectivity index (χ0v) is 15.5. The molecule has 0 aliphatic rings. The highest BCUT2D eigenvalue weighted by atomic mass is 19.4. The average molecular weight is 402 g/mol. The van der Waals surface area contributed by atoms with Crippen LogP contribution in [-0.2, 0) is 6.18 Å². The second kappa shape index (κ2) is 8.17. The van der Waals surface area contributed by atoms with Gasteiger partial charge in [-0.25, -0.2) is 4.79 Å². The van der Waals surface area contributed by atoms with Gasteiger partial charge < -0.3 is 15.4 Å². The number of aromatic nitrogens is 2. The van der Waals surface area contributed by atoms with Crippen molar-refractivity contribution < 1.29 is 22.7 Å². The summed E-state index contributed by atoms with van der Waals surface area (Å²) in [5.41, 5.74) is 0.395. The molecular formula is C20H17F3N4O2. The van der Waals surface area contributed by atoms with Gasteiger partial charge in [0.2, 0.25) is 0 Å². The summed E-state index contributed by atoms with van der Waals surface area (Å²) >= 11 is 0. The first kappa shape index (κ1) is 20.1. The molecule has 29 heavy (non-hydrogen) atoms. The van der Waals surface area contributed by atoms with Crippen molar-refractivity contribution in [1.29, 1.82) is 0 Å². The van der Waals surface area contributed by atoms with E-state index in [2.05, 4.69) is 20.6 Å². The fraction of sp³-hybridized carbons (Fsp3) is 0.150. The van der Waals surface area contributed by atoms with Crippen molar-refractivity contribution >= 4 is 17.4 Å². The van der Waals surface area contributed by atoms with Crippen LogP contribution in [0.3, 0.4) is 0 Å². The average Bonchev–Trinajstić information content (AvgIpc) is 2.65. The van der Waals surface area contributed by atoms with E-state index in [1.54, 1.807) is 26.0 Å². The summed E-state index contributed by atoms with van der Waals surface area (Å²) in [5, 5.41) is 4.94. The van der Waals surface area contributed by atoms with Crippen molar-refractivity contribution in [2.45, 2.75) is 20.0 Å². The number of hydrogen-bond donors (Lipinski definition) is 2. The Labute approximate surface area is 164 Å². The van der Waals surface area contributed by atoms with Crippen molar-refractivity contribution in [3.63, 3.8) is 0 Å². The van der Waals surface area contributed by atoms with Crippen molar-refractivity contribution in [3.8, 4) is 11.8 Å². The molecular weight excluding hydrogens is 385 g/mol. The lowest BCUT2D eigenvalue weighted by Gasteiger charge is -2.14. The monoisotopic (exact) mass is 402 g/mol. The molecule has 3 rings (SSSR count). The molecule has 0 bridgehead atoms. The molecule has 0 unspecified atom stereocenters. The van der Waals surface area contributed by atoms with Gasteiger partial charge in [-0.3, -0.25) is 0 Å². The highest BCUT2D eigenvalue weighted by Gasteiger charge is 2.30. The molecule has 0 atom stereocenters. The number of para-hydroxylation sites is 1. The number of nitrogens with one attached hydrogen (secondary N) is 2. The third kappa shape index (κ3) is 5.22. The summed E-state index contributed by atoms with van der Waals surface area (Å²) in [7, 11) is 0. The second-order valence-electron chi connectivity index (χ2n) is 6.12. The van der Waals surface area contributed by atoms with Crippen LogP contribution in [0.1, 0.15) is 17.0 Å². The number of aryl methyl sites for hydroxylation is 2. The largest absolute Gasteiger partial charge is 0.424 e. The van der Waals surface area contributed by atoms with Gasteiger partial charge in [0, 0.05) is 5.69 Å². The number of rotatable bonds is 4. The molecule has 6 nitrogen and oxygen atoms in total. The quantitative estimate of drug-likeness (QED) is 0.600. The van der Waals surface area contributed by atoms with E-state index in [4.69, 9.17) is 4.74 Å². The van der Waals surface area contributed by atoms with Crippen LogP contribution in [0.15, 0.2) is 54.6 Å². The summed E-state index contributed by atoms with van der Waals surface area (Å²) in [5.74, 6) is 0.564. The molecule has 9 heteroatoms. The summed E-state index contributed by atoms with van der Waals surface area (Å²) in [6.07, 6.45) is -4.50. The minimum absolute atomic E-state index is 0.0116. The topological polar surface area (TPSA) is 76.1 Å². The number of carbonyl (C=O) groups excluding carboxylic acids is 1. The highest BCUT2D eigenvalue weighted by Crippen LogP contribution is 2.30. The molecule has 0 radical (unpaired) electrons. The van der Waals surface area contributed by atoms with Crippen LogP contribution in [0, 0.1) is 13.8 Å². The zero-order valence-electron chi connectivity index (χ0n) is 15.5. The van der Waals surface area contributed by atoms with Crippen LogP contribution < -0.4 is 15.4 Å². The van der Waals surface area contributed by atoms with E-state index >= 15 is 0 Å². The Balaban J connectivity index is 1.72. The number of alkyl halides is 3. The van der Waals surface area contributed by atoms with Gasteiger partial charge in [-0.2, -0.15) is 23.1 Å². The number of hydrogen-bond acceptors (Lipinski definition) is 4. The fourth-order valence-electron chi connectivity index (χ4n) is 2.56. The Morgan fingerprint density at radius 1 is 0.931 bits per heavy atom. The van der Waals surface area contributed by atoms with Crippen LogP contribution in [0.2, 0.25) is 0 Å². The van der Waals surface area contributed by atoms with Crippen molar-refractivity contribution in [2.75, 3.05) is 10.6 Å². The summed E-state index contributed by atoms with van der Waals surface area (Å²) in [6.45, 7) is 3.32. The van der Waals surface area contributed by atoms with E-state index in [9.17, 15) is 18.0 Å². The number of urea groups is 1. The van der Waals surface area contributed by atoms with E-state index in [0.29, 0.717) is 22.8 Å². The summed E-state index contributed by atoms with van der Waals surface area (Å²) in [4.78, 5) is 20.7. The number of ether oxygens (including phenoxy) is 1. The molecule has 1 heterocycles. The SMILES string of the molecule is Cc1nc(Oc2ccccc2)nc(C)c1NC(=O)Nc1cccc(C(F)(F)F)c1. The molecule has 0 fully saturated rings. The van der Waals surface area contributed by atoms with Gasteiger partial charge >= 0.3 is 18.2 Å². The van der Waals surface area contributed by atoms with Crippen LogP contribution in [0.4, 0.5) is 29.3 Å². The molecule has 2 N–H and O–H groups in total. The Bertz CT molecular complexity index is 1000. The van der Waals surface area contributed by atoms with Gasteiger partial charge in [0.1, 0.15) is 5.75 Å². The summed E-state index contributed by atoms with van der Waals surface area (Å²) < 4.78 is 44.0. The molecule has 3 aromatic rings. The molecule has 2 amide bonds. The lowest BCUT2D eigenvalue weighted by molar-refractivity contribution is -0.137. The fourth-order valence-corrected chi connectivity index (χ4v) is 2.56. The maximum atomic E-state index is 12.8. The van der Waals surface area contributed by atoms with E-state index in [-0.39, 0.29) is 11.7 Å². The smallest absolute Gasteiger partial charge is 0.416 e. The lowest BCUT2D eigenvalue weighted by atomic mass is 10.2. The standard InChI is InChI=1S/C20H17F3N4O2/c1-12-17(13(2)25-19(24-12)29-16-9-4-3-5-10-16)27-18(28)26-15-8-6-7-14(11-15)20(21,22)23/h3-11H,1-2H3,(H2,26,27,28). The van der Waals surface area contributed by atoms with Gasteiger partial charge in [-0.1, -0.05) is 24.3 Å². The number of nitrogens with zero attached hydrogens (tertiary/aromatic N) is 2. The minimum Gasteiger partial charge on any atom is -0.424 e. The molecule has 0 aliphatic heterocycles. The molecule has 2 aromatic carbocycles. The third-order valence-corrected chi connectivity index (χ3v) is 3.89. The van der Waals surface area contributed by atoms with Crippen molar-refractivity contribution in [1.82, 2.24) is 9.97 Å². The second-order valence-corrected chi connectivity index (χ2v) is 6.12. The molecule has 0 saturated carbocycles. The lowest BCUT2D eigenvalue weighted by Crippen LogP contribution is -2.21. The van der Waals surface area contributed by atoms with Crippen molar-refractivity contribution in [2.24, 2.45) is 0 Å². The van der Waals surface area contributed by atoms with E-state index in [1.807, 2.05) is 18.2 Å². The maximum Gasteiger partial charge on any atom is 0.416 e. The first-order chi connectivity index (χ1) is 13.7. The Morgan fingerprint density at radius 2 is 1.59 bits per heavy atom. The maximum absolute atomic E-state index is 12.8. The Hall–Kier alpha value is -3.62. The van der Waals surface area contributed by atoms with Crippen LogP contribution >= 0.6 is 0 Å². The number of benzene rings is 2. The van der Waals surface area contributed by atoms with Crippen LogP contribution in [0.25, 0.3) is 0 Å². The van der Waals surface area contributed by atoms with Gasteiger partial charge in [-0.05, 0) is 44.2 Å². The summed E-state index contributed by atoms with van der Waals surface area (Å²) in [6, 6.07) is 12.7. The number of halogens is 3. The van der Waals surface area contributed by atoms with Crippen molar-refractivity contribution in [3.05, 3.63) is 71.5 Å². The number of carbonyl (C=O) groups is 1. The molecule has 0 saturated heterocycles. The number of anilines is 2. The molecule has 150 valence electrons. The third-order valence-electron chi connectivity index (χ3n) is 3.89. The first-order valence-electron chi connectivity index (χ1n) is 8.56. The first-order valence-corrected chi connectivity index (χ1v) is 8.56.